The van der Waals surface area contributed by atoms with Gasteiger partial charge in [0.25, 0.3) is 0 Å². The molecule has 0 aromatic rings. The van der Waals surface area contributed by atoms with Crippen LogP contribution >= 0.6 is 0 Å². The van der Waals surface area contributed by atoms with Crippen molar-refractivity contribution in [2.24, 2.45) is 23.7 Å². The van der Waals surface area contributed by atoms with Gasteiger partial charge in [-0.15, -0.1) is 0 Å². The molecular formula is C24H41F3. The van der Waals surface area contributed by atoms with Crippen molar-refractivity contribution in [1.82, 2.24) is 0 Å². The number of allylic oxidation sites excluding steroid dienone is 2. The van der Waals surface area contributed by atoms with Gasteiger partial charge in [-0.2, -0.15) is 13.2 Å². The summed E-state index contributed by atoms with van der Waals surface area (Å²) in [5.74, 6) is 2.72. The Labute approximate surface area is 165 Å². The highest BCUT2D eigenvalue weighted by Gasteiger charge is 2.31. The summed E-state index contributed by atoms with van der Waals surface area (Å²) in [6.45, 7) is 2.27. The Morgan fingerprint density at radius 1 is 0.704 bits per heavy atom. The maximum atomic E-state index is 12.3. The maximum absolute atomic E-state index is 12.3. The predicted octanol–water partition coefficient (Wildman–Crippen LogP) is 8.86. The zero-order valence-corrected chi connectivity index (χ0v) is 17.4. The standard InChI is InChI=1S/C24H41F3/c1-2-3-4-5-6-7-8-9-20-10-14-22(15-11-20)23-16-12-21(13-17-23)18-19-24(25,26)27/h18-23H,2-17H2,1H3. The van der Waals surface area contributed by atoms with Crippen molar-refractivity contribution in [2.75, 3.05) is 0 Å². The molecule has 0 unspecified atom stereocenters. The first-order chi connectivity index (χ1) is 13.0. The third-order valence-electron chi connectivity index (χ3n) is 7.15. The second kappa shape index (κ2) is 12.2. The molecule has 2 aliphatic rings. The summed E-state index contributed by atoms with van der Waals surface area (Å²) >= 11 is 0. The average Bonchev–Trinajstić information content (AvgIpc) is 2.66. The van der Waals surface area contributed by atoms with E-state index < -0.39 is 6.18 Å². The molecular weight excluding hydrogens is 345 g/mol. The second-order valence-electron chi connectivity index (χ2n) is 9.27. The highest BCUT2D eigenvalue weighted by molar-refractivity contribution is 4.96. The van der Waals surface area contributed by atoms with Gasteiger partial charge in [-0.3, -0.25) is 0 Å². The van der Waals surface area contributed by atoms with Gasteiger partial charge in [0.1, 0.15) is 0 Å². The average molecular weight is 387 g/mol. The number of hydrogen-bond acceptors (Lipinski definition) is 0. The Bertz CT molecular complexity index is 396. The summed E-state index contributed by atoms with van der Waals surface area (Å²) in [7, 11) is 0. The van der Waals surface area contributed by atoms with Crippen LogP contribution in [0.1, 0.15) is 110 Å². The van der Waals surface area contributed by atoms with E-state index in [0.29, 0.717) is 6.08 Å². The first-order valence-corrected chi connectivity index (χ1v) is 11.7. The van der Waals surface area contributed by atoms with Crippen LogP contribution in [0.25, 0.3) is 0 Å². The largest absolute Gasteiger partial charge is 0.409 e. The van der Waals surface area contributed by atoms with Crippen LogP contribution < -0.4 is 0 Å². The highest BCUT2D eigenvalue weighted by Crippen LogP contribution is 2.42. The van der Waals surface area contributed by atoms with Gasteiger partial charge in [0.2, 0.25) is 0 Å². The van der Waals surface area contributed by atoms with Crippen molar-refractivity contribution < 1.29 is 13.2 Å². The molecule has 0 nitrogen and oxygen atoms in total. The van der Waals surface area contributed by atoms with Crippen LogP contribution in [-0.4, -0.2) is 6.18 Å². The van der Waals surface area contributed by atoms with E-state index in [-0.39, 0.29) is 5.92 Å². The van der Waals surface area contributed by atoms with Gasteiger partial charge in [0, 0.05) is 6.08 Å². The molecule has 0 aliphatic heterocycles. The molecule has 3 heteroatoms. The Balaban J connectivity index is 1.54. The molecule has 0 atom stereocenters. The second-order valence-corrected chi connectivity index (χ2v) is 9.27. The summed E-state index contributed by atoms with van der Waals surface area (Å²) in [6, 6.07) is 0. The minimum absolute atomic E-state index is 0.150. The van der Waals surface area contributed by atoms with Gasteiger partial charge in [-0.1, -0.05) is 77.2 Å². The van der Waals surface area contributed by atoms with Crippen LogP contribution in [-0.2, 0) is 0 Å². The van der Waals surface area contributed by atoms with E-state index in [1.54, 1.807) is 0 Å². The molecule has 0 amide bonds. The summed E-state index contributed by atoms with van der Waals surface area (Å²) in [5.41, 5.74) is 0. The fraction of sp³-hybridized carbons (Fsp3) is 0.917. The Morgan fingerprint density at radius 3 is 1.78 bits per heavy atom. The maximum Gasteiger partial charge on any atom is 0.409 e. The summed E-state index contributed by atoms with van der Waals surface area (Å²) in [4.78, 5) is 0. The van der Waals surface area contributed by atoms with Crippen molar-refractivity contribution in [1.29, 1.82) is 0 Å². The number of unbranched alkanes of at least 4 members (excludes halogenated alkanes) is 6. The zero-order chi connectivity index (χ0) is 19.5. The lowest BCUT2D eigenvalue weighted by Gasteiger charge is -2.37. The van der Waals surface area contributed by atoms with E-state index in [1.165, 1.54) is 83.1 Å². The molecule has 0 radical (unpaired) electrons. The Morgan fingerprint density at radius 2 is 1.22 bits per heavy atom. The topological polar surface area (TPSA) is 0 Å². The molecule has 158 valence electrons. The van der Waals surface area contributed by atoms with Gasteiger partial charge < -0.3 is 0 Å². The van der Waals surface area contributed by atoms with Crippen LogP contribution in [0, 0.1) is 23.7 Å². The van der Waals surface area contributed by atoms with E-state index >= 15 is 0 Å². The van der Waals surface area contributed by atoms with E-state index in [9.17, 15) is 13.2 Å². The molecule has 0 aromatic carbocycles. The minimum atomic E-state index is -4.15. The van der Waals surface area contributed by atoms with Gasteiger partial charge in [-0.25, -0.2) is 0 Å². The van der Waals surface area contributed by atoms with Crippen LogP contribution in [0.5, 0.6) is 0 Å². The summed E-state index contributed by atoms with van der Waals surface area (Å²) in [6.07, 6.45) is 18.7. The lowest BCUT2D eigenvalue weighted by molar-refractivity contribution is -0.0803. The van der Waals surface area contributed by atoms with Gasteiger partial charge in [0.15, 0.2) is 0 Å². The van der Waals surface area contributed by atoms with Gasteiger partial charge in [0.05, 0.1) is 0 Å². The van der Waals surface area contributed by atoms with Gasteiger partial charge >= 0.3 is 6.18 Å². The third-order valence-corrected chi connectivity index (χ3v) is 7.15. The molecule has 0 N–H and O–H groups in total. The minimum Gasteiger partial charge on any atom is -0.167 e. The zero-order valence-electron chi connectivity index (χ0n) is 17.4. The number of rotatable bonds is 10. The molecule has 0 heterocycles. The Kier molecular flexibility index (Phi) is 10.3. The predicted molar refractivity (Wildman–Crippen MR) is 109 cm³/mol. The summed E-state index contributed by atoms with van der Waals surface area (Å²) in [5, 5.41) is 0. The van der Waals surface area contributed by atoms with Crippen molar-refractivity contribution in [2.45, 2.75) is 116 Å². The molecule has 2 aliphatic carbocycles. The van der Waals surface area contributed by atoms with E-state index in [0.717, 1.165) is 43.4 Å². The normalized spacial score (nSPS) is 30.1. The first-order valence-electron chi connectivity index (χ1n) is 11.7. The molecule has 0 saturated heterocycles. The van der Waals surface area contributed by atoms with Crippen molar-refractivity contribution in [3.05, 3.63) is 12.2 Å². The van der Waals surface area contributed by atoms with Crippen molar-refractivity contribution in [3.63, 3.8) is 0 Å². The fourth-order valence-electron chi connectivity index (χ4n) is 5.39. The van der Waals surface area contributed by atoms with E-state index in [2.05, 4.69) is 6.92 Å². The Hall–Kier alpha value is -0.470. The van der Waals surface area contributed by atoms with Gasteiger partial charge in [-0.05, 0) is 62.2 Å². The summed E-state index contributed by atoms with van der Waals surface area (Å²) < 4.78 is 36.9. The molecule has 0 aromatic heterocycles. The van der Waals surface area contributed by atoms with E-state index in [4.69, 9.17) is 0 Å². The van der Waals surface area contributed by atoms with E-state index in [1.807, 2.05) is 0 Å². The molecule has 2 fully saturated rings. The lowest BCUT2D eigenvalue weighted by atomic mass is 9.68. The fourth-order valence-corrected chi connectivity index (χ4v) is 5.39. The van der Waals surface area contributed by atoms with Crippen molar-refractivity contribution >= 4 is 0 Å². The van der Waals surface area contributed by atoms with Crippen molar-refractivity contribution in [3.8, 4) is 0 Å². The smallest absolute Gasteiger partial charge is 0.167 e. The number of halogens is 3. The van der Waals surface area contributed by atoms with Crippen LogP contribution in [0.2, 0.25) is 0 Å². The molecule has 2 saturated carbocycles. The first kappa shape index (κ1) is 22.8. The highest BCUT2D eigenvalue weighted by atomic mass is 19.4. The van der Waals surface area contributed by atoms with Crippen LogP contribution in [0.15, 0.2) is 12.2 Å². The quantitative estimate of drug-likeness (QED) is 0.260. The molecule has 27 heavy (non-hydrogen) atoms. The van der Waals surface area contributed by atoms with Crippen LogP contribution in [0.3, 0.4) is 0 Å². The molecule has 2 rings (SSSR count). The third kappa shape index (κ3) is 9.52. The monoisotopic (exact) mass is 386 g/mol. The SMILES string of the molecule is CCCCCCCCCC1CCC(C2CCC(C=CC(F)(F)F)CC2)CC1. The van der Waals surface area contributed by atoms with Crippen LogP contribution in [0.4, 0.5) is 13.2 Å². The lowest BCUT2D eigenvalue weighted by Crippen LogP contribution is -2.25. The number of alkyl halides is 3. The molecule has 0 spiro atoms. The number of hydrogen-bond donors (Lipinski definition) is 0. The molecule has 0 bridgehead atoms.